The first-order chi connectivity index (χ1) is 16.3. The Morgan fingerprint density at radius 2 is 1.68 bits per heavy atom. The van der Waals surface area contributed by atoms with Gasteiger partial charge in [0.25, 0.3) is 11.6 Å². The molecule has 1 fully saturated rings. The fourth-order valence-electron chi connectivity index (χ4n) is 4.44. The van der Waals surface area contributed by atoms with Crippen molar-refractivity contribution < 1.29 is 9.72 Å². The molecule has 1 aliphatic heterocycles. The summed E-state index contributed by atoms with van der Waals surface area (Å²) in [4.78, 5) is 37.6. The Balaban J connectivity index is 1.57. The summed E-state index contributed by atoms with van der Waals surface area (Å²) in [5.74, 6) is 1.69. The summed E-state index contributed by atoms with van der Waals surface area (Å²) in [6.07, 6.45) is 0. The lowest BCUT2D eigenvalue weighted by Gasteiger charge is -2.37. The Kier molecular flexibility index (Phi) is 6.58. The maximum absolute atomic E-state index is 13.1. The second kappa shape index (κ2) is 9.59. The Hall–Kier alpha value is -3.81. The average Bonchev–Trinajstić information content (AvgIpc) is 2.83. The lowest BCUT2D eigenvalue weighted by Crippen LogP contribution is -2.49. The van der Waals surface area contributed by atoms with Crippen molar-refractivity contribution in [1.82, 2.24) is 14.9 Å². The summed E-state index contributed by atoms with van der Waals surface area (Å²) >= 11 is 0. The number of carbonyl (C=O) groups excluding carboxylic acids is 1. The molecule has 0 aliphatic carbocycles. The molecule has 1 saturated heterocycles. The van der Waals surface area contributed by atoms with E-state index < -0.39 is 4.92 Å². The van der Waals surface area contributed by atoms with Crippen LogP contribution in [0.15, 0.2) is 48.5 Å². The zero-order valence-corrected chi connectivity index (χ0v) is 20.0. The van der Waals surface area contributed by atoms with Crippen molar-refractivity contribution in [2.24, 2.45) is 0 Å². The van der Waals surface area contributed by atoms with E-state index in [1.54, 1.807) is 24.0 Å². The number of nitro groups is 1. The predicted octanol–water partition coefficient (Wildman–Crippen LogP) is 4.75. The van der Waals surface area contributed by atoms with Crippen molar-refractivity contribution in [3.8, 4) is 11.4 Å². The lowest BCUT2D eigenvalue weighted by molar-refractivity contribution is -0.385. The Morgan fingerprint density at radius 1 is 1.00 bits per heavy atom. The number of carbonyl (C=O) groups is 1. The van der Waals surface area contributed by atoms with Crippen molar-refractivity contribution in [3.63, 3.8) is 0 Å². The van der Waals surface area contributed by atoms with Crippen LogP contribution in [0.25, 0.3) is 11.4 Å². The predicted molar refractivity (Wildman–Crippen MR) is 132 cm³/mol. The Morgan fingerprint density at radius 3 is 2.29 bits per heavy atom. The van der Waals surface area contributed by atoms with Crippen LogP contribution in [-0.2, 0) is 0 Å². The summed E-state index contributed by atoms with van der Waals surface area (Å²) in [6, 6.07) is 14.6. The van der Waals surface area contributed by atoms with Gasteiger partial charge in [0.15, 0.2) is 5.82 Å². The van der Waals surface area contributed by atoms with Crippen molar-refractivity contribution in [3.05, 3.63) is 81.0 Å². The minimum atomic E-state index is -0.445. The van der Waals surface area contributed by atoms with Crippen LogP contribution in [0.3, 0.4) is 0 Å². The number of rotatable bonds is 5. The number of benzene rings is 2. The van der Waals surface area contributed by atoms with Gasteiger partial charge in [-0.15, -0.1) is 0 Å². The highest BCUT2D eigenvalue weighted by atomic mass is 16.6. The summed E-state index contributed by atoms with van der Waals surface area (Å²) in [5, 5.41) is 11.3. The minimum absolute atomic E-state index is 0.0315. The van der Waals surface area contributed by atoms with E-state index in [1.807, 2.05) is 37.3 Å². The van der Waals surface area contributed by atoms with Crippen LogP contribution in [-0.4, -0.2) is 51.9 Å². The molecule has 4 rings (SSSR count). The maximum atomic E-state index is 13.1. The molecule has 8 nitrogen and oxygen atoms in total. The molecule has 1 aromatic heterocycles. The molecule has 3 aromatic rings. The highest BCUT2D eigenvalue weighted by Gasteiger charge is 2.27. The number of piperazine rings is 1. The molecule has 0 saturated carbocycles. The number of anilines is 1. The first kappa shape index (κ1) is 23.4. The third-order valence-corrected chi connectivity index (χ3v) is 6.24. The average molecular weight is 460 g/mol. The molecule has 0 unspecified atom stereocenters. The number of hydrogen-bond acceptors (Lipinski definition) is 6. The summed E-state index contributed by atoms with van der Waals surface area (Å²) in [6.45, 7) is 10.3. The summed E-state index contributed by atoms with van der Waals surface area (Å²) < 4.78 is 0. The van der Waals surface area contributed by atoms with Gasteiger partial charge < -0.3 is 9.80 Å². The van der Waals surface area contributed by atoms with E-state index in [0.29, 0.717) is 43.1 Å². The molecule has 0 N–H and O–H groups in total. The number of nitro benzene ring substituents is 1. The fourth-order valence-corrected chi connectivity index (χ4v) is 4.44. The second-order valence-electron chi connectivity index (χ2n) is 8.93. The topological polar surface area (TPSA) is 92.5 Å². The molecule has 0 spiro atoms. The van der Waals surface area contributed by atoms with Gasteiger partial charge in [-0.25, -0.2) is 9.97 Å². The first-order valence-electron chi connectivity index (χ1n) is 11.5. The summed E-state index contributed by atoms with van der Waals surface area (Å²) in [7, 11) is 0. The number of nitrogens with zero attached hydrogens (tertiary/aromatic N) is 5. The molecule has 176 valence electrons. The number of aromatic nitrogens is 2. The van der Waals surface area contributed by atoms with Crippen LogP contribution in [0.2, 0.25) is 0 Å². The number of aryl methyl sites for hydroxylation is 2. The Bertz CT molecular complexity index is 1220. The van der Waals surface area contributed by atoms with Gasteiger partial charge in [-0.05, 0) is 25.8 Å². The quantitative estimate of drug-likeness (QED) is 0.404. The first-order valence-corrected chi connectivity index (χ1v) is 11.5. The van der Waals surface area contributed by atoms with Crippen molar-refractivity contribution in [2.75, 3.05) is 31.1 Å². The highest BCUT2D eigenvalue weighted by Crippen LogP contribution is 2.31. The van der Waals surface area contributed by atoms with Gasteiger partial charge in [-0.1, -0.05) is 50.2 Å². The smallest absolute Gasteiger partial charge is 0.273 e. The molecule has 0 atom stereocenters. The van der Waals surface area contributed by atoms with Gasteiger partial charge in [0.05, 0.1) is 4.92 Å². The molecule has 2 heterocycles. The normalized spacial score (nSPS) is 13.9. The van der Waals surface area contributed by atoms with Crippen LogP contribution in [0.5, 0.6) is 0 Å². The van der Waals surface area contributed by atoms with Gasteiger partial charge >= 0.3 is 0 Å². The van der Waals surface area contributed by atoms with Crippen LogP contribution < -0.4 is 4.90 Å². The van der Waals surface area contributed by atoms with E-state index >= 15 is 0 Å². The van der Waals surface area contributed by atoms with Crippen LogP contribution >= 0.6 is 0 Å². The van der Waals surface area contributed by atoms with Gasteiger partial charge in [-0.3, -0.25) is 14.9 Å². The molecule has 8 heteroatoms. The highest BCUT2D eigenvalue weighted by molar-refractivity contribution is 5.95. The van der Waals surface area contributed by atoms with Gasteiger partial charge in [0, 0.05) is 60.2 Å². The van der Waals surface area contributed by atoms with Crippen molar-refractivity contribution in [2.45, 2.75) is 33.6 Å². The van der Waals surface area contributed by atoms with Crippen LogP contribution in [0.1, 0.15) is 46.9 Å². The van der Waals surface area contributed by atoms with E-state index in [9.17, 15) is 14.9 Å². The van der Waals surface area contributed by atoms with Crippen LogP contribution in [0.4, 0.5) is 11.5 Å². The maximum Gasteiger partial charge on any atom is 0.273 e. The van der Waals surface area contributed by atoms with E-state index in [1.165, 1.54) is 6.07 Å². The zero-order valence-electron chi connectivity index (χ0n) is 20.0. The van der Waals surface area contributed by atoms with Crippen molar-refractivity contribution in [1.29, 1.82) is 0 Å². The minimum Gasteiger partial charge on any atom is -0.353 e. The standard InChI is InChI=1S/C26H29N5O3/c1-17(2)23-19(4)27-24(20-8-6-5-7-9-20)28-25(23)29-12-14-30(15-13-29)26(32)21-11-10-18(3)22(16-21)31(33)34/h5-11,16-17H,12-15H2,1-4H3. The summed E-state index contributed by atoms with van der Waals surface area (Å²) in [5.41, 5.74) is 3.91. The molecule has 0 radical (unpaired) electrons. The van der Waals surface area contributed by atoms with Gasteiger partial charge in [0.1, 0.15) is 5.82 Å². The SMILES string of the molecule is Cc1ccc(C(=O)N2CCN(c3nc(-c4ccccc4)nc(C)c3C(C)C)CC2)cc1[N+](=O)[O-]. The molecular formula is C26H29N5O3. The van der Waals surface area contributed by atoms with Crippen molar-refractivity contribution >= 4 is 17.4 Å². The van der Waals surface area contributed by atoms with Gasteiger partial charge in [0.2, 0.25) is 0 Å². The second-order valence-corrected chi connectivity index (χ2v) is 8.93. The largest absolute Gasteiger partial charge is 0.353 e. The number of amides is 1. The lowest BCUT2D eigenvalue weighted by atomic mass is 10.0. The molecule has 1 aliphatic rings. The van der Waals surface area contributed by atoms with E-state index in [-0.39, 0.29) is 17.5 Å². The van der Waals surface area contributed by atoms with E-state index in [0.717, 1.165) is 22.6 Å². The molecule has 0 bridgehead atoms. The fraction of sp³-hybridized carbons (Fsp3) is 0.346. The number of hydrogen-bond donors (Lipinski definition) is 0. The molecule has 2 aromatic carbocycles. The van der Waals surface area contributed by atoms with E-state index in [2.05, 4.69) is 18.7 Å². The molecule has 34 heavy (non-hydrogen) atoms. The van der Waals surface area contributed by atoms with E-state index in [4.69, 9.17) is 9.97 Å². The van der Waals surface area contributed by atoms with Gasteiger partial charge in [-0.2, -0.15) is 0 Å². The zero-order chi connectivity index (χ0) is 24.4. The monoisotopic (exact) mass is 459 g/mol. The van der Waals surface area contributed by atoms with Crippen LogP contribution in [0, 0.1) is 24.0 Å². The molecule has 1 amide bonds. The third-order valence-electron chi connectivity index (χ3n) is 6.24. The Labute approximate surface area is 199 Å². The third kappa shape index (κ3) is 4.62. The molecular weight excluding hydrogens is 430 g/mol.